The Hall–Kier alpha value is -3.60. The number of carbonyl (C=O) groups is 2. The van der Waals surface area contributed by atoms with Crippen molar-refractivity contribution in [3.8, 4) is 11.1 Å². The van der Waals surface area contributed by atoms with Crippen LogP contribution in [0, 0.1) is 0 Å². The molecule has 1 heterocycles. The zero-order chi connectivity index (χ0) is 40.5. The molecule has 0 aliphatic carbocycles. The Balaban J connectivity index is 1.44. The molecule has 314 valence electrons. The highest BCUT2D eigenvalue weighted by Crippen LogP contribution is 2.39. The number of aliphatic hydroxyl groups excluding tert-OH is 1. The Bertz CT molecular complexity index is 1550. The van der Waals surface area contributed by atoms with E-state index >= 15 is 0 Å². The summed E-state index contributed by atoms with van der Waals surface area (Å²) in [4.78, 5) is 26.4. The molecule has 1 aliphatic rings. The third-order valence-corrected chi connectivity index (χ3v) is 11.1. The van der Waals surface area contributed by atoms with E-state index < -0.39 is 12.2 Å². The van der Waals surface area contributed by atoms with Crippen molar-refractivity contribution in [1.82, 2.24) is 15.7 Å². The molecular formula is C48H71N3O6. The smallest absolute Gasteiger partial charge is 0.243 e. The standard InChI is InChI=1S/C48H71N3O6/c1-3-5-7-9-11-16-30-51(31-17-12-10-8-6-4-2)36-44-34-45(40-28-26-38(37-52)27-29-40)57-48(56-44)43-23-19-22-42(33-43)41-21-18-20-39(32-41)35-49-46(53)24-14-13-15-25-47(54)50-55/h18-23,26-29,32-33,44-45,48,52,55H,3-17,24-25,30-31,34-37H2,1-2H3,(H,49,53)(H,50,54)/t44-,45+,48+/m1/s1. The van der Waals surface area contributed by atoms with Gasteiger partial charge in [0.2, 0.25) is 11.8 Å². The normalized spacial score (nSPS) is 16.8. The topological polar surface area (TPSA) is 120 Å². The molecule has 0 spiro atoms. The van der Waals surface area contributed by atoms with Crippen LogP contribution in [0.1, 0.15) is 164 Å². The molecule has 57 heavy (non-hydrogen) atoms. The lowest BCUT2D eigenvalue weighted by Gasteiger charge is -2.38. The van der Waals surface area contributed by atoms with Gasteiger partial charge >= 0.3 is 0 Å². The fraction of sp³-hybridized carbons (Fsp3) is 0.583. The van der Waals surface area contributed by atoms with Gasteiger partial charge in [-0.05, 0) is 78.7 Å². The molecule has 0 bridgehead atoms. The lowest BCUT2D eigenvalue weighted by molar-refractivity contribution is -0.253. The highest BCUT2D eigenvalue weighted by atomic mass is 16.7. The van der Waals surface area contributed by atoms with Gasteiger partial charge < -0.3 is 24.8 Å². The first-order valence-electron chi connectivity index (χ1n) is 22.0. The van der Waals surface area contributed by atoms with Gasteiger partial charge in [0, 0.05) is 37.9 Å². The van der Waals surface area contributed by atoms with Crippen LogP contribution < -0.4 is 10.8 Å². The number of ether oxygens (including phenoxy) is 2. The van der Waals surface area contributed by atoms with Crippen molar-refractivity contribution in [2.24, 2.45) is 0 Å². The Labute approximate surface area is 342 Å². The minimum absolute atomic E-state index is 0.00193. The number of hydrogen-bond donors (Lipinski definition) is 4. The Morgan fingerprint density at radius 1 is 0.667 bits per heavy atom. The Morgan fingerprint density at radius 2 is 1.26 bits per heavy atom. The van der Waals surface area contributed by atoms with E-state index in [1.165, 1.54) is 77.0 Å². The summed E-state index contributed by atoms with van der Waals surface area (Å²) < 4.78 is 13.7. The first-order valence-corrected chi connectivity index (χ1v) is 22.0. The second-order valence-electron chi connectivity index (χ2n) is 15.9. The van der Waals surface area contributed by atoms with Gasteiger partial charge in [-0.3, -0.25) is 14.8 Å². The van der Waals surface area contributed by atoms with Gasteiger partial charge in [-0.2, -0.15) is 0 Å². The highest BCUT2D eigenvalue weighted by molar-refractivity contribution is 5.76. The van der Waals surface area contributed by atoms with Crippen LogP contribution in [0.25, 0.3) is 11.1 Å². The molecule has 1 aliphatic heterocycles. The third kappa shape index (κ3) is 17.4. The van der Waals surface area contributed by atoms with E-state index in [4.69, 9.17) is 14.7 Å². The molecule has 3 aromatic carbocycles. The average Bonchev–Trinajstić information content (AvgIpc) is 3.25. The summed E-state index contributed by atoms with van der Waals surface area (Å²) in [7, 11) is 0. The predicted octanol–water partition coefficient (Wildman–Crippen LogP) is 10.5. The number of unbranched alkanes of at least 4 members (excludes halogenated alkanes) is 12. The second-order valence-corrected chi connectivity index (χ2v) is 15.9. The fourth-order valence-electron chi connectivity index (χ4n) is 7.67. The van der Waals surface area contributed by atoms with E-state index in [1.54, 1.807) is 5.48 Å². The zero-order valence-corrected chi connectivity index (χ0v) is 34.9. The molecule has 0 aromatic heterocycles. The Kier molecular flexibility index (Phi) is 22.0. The molecule has 2 amide bonds. The number of nitrogens with one attached hydrogen (secondary N) is 2. The van der Waals surface area contributed by atoms with Crippen LogP contribution in [0.3, 0.4) is 0 Å². The van der Waals surface area contributed by atoms with Crippen molar-refractivity contribution in [2.75, 3.05) is 19.6 Å². The molecule has 4 rings (SSSR count). The van der Waals surface area contributed by atoms with E-state index in [-0.39, 0.29) is 31.1 Å². The van der Waals surface area contributed by atoms with Crippen molar-refractivity contribution in [3.05, 3.63) is 95.1 Å². The van der Waals surface area contributed by atoms with E-state index in [0.29, 0.717) is 25.8 Å². The van der Waals surface area contributed by atoms with Crippen LogP contribution in [0.5, 0.6) is 0 Å². The number of nitrogens with zero attached hydrogens (tertiary/aromatic N) is 1. The second kappa shape index (κ2) is 27.2. The van der Waals surface area contributed by atoms with Gasteiger partial charge in [0.1, 0.15) is 0 Å². The van der Waals surface area contributed by atoms with Crippen molar-refractivity contribution >= 4 is 11.8 Å². The van der Waals surface area contributed by atoms with E-state index in [9.17, 15) is 14.7 Å². The van der Waals surface area contributed by atoms with Crippen LogP contribution in [0.2, 0.25) is 0 Å². The van der Waals surface area contributed by atoms with Crippen molar-refractivity contribution < 1.29 is 29.4 Å². The minimum Gasteiger partial charge on any atom is -0.392 e. The maximum absolute atomic E-state index is 12.5. The minimum atomic E-state index is -0.531. The highest BCUT2D eigenvalue weighted by Gasteiger charge is 2.33. The number of benzene rings is 3. The lowest BCUT2D eigenvalue weighted by atomic mass is 9.98. The van der Waals surface area contributed by atoms with Gasteiger partial charge in [-0.1, -0.05) is 145 Å². The fourth-order valence-corrected chi connectivity index (χ4v) is 7.67. The molecule has 3 aromatic rings. The first kappa shape index (κ1) is 46.1. The van der Waals surface area contributed by atoms with E-state index in [1.807, 2.05) is 24.3 Å². The van der Waals surface area contributed by atoms with Crippen molar-refractivity contribution in [2.45, 2.75) is 161 Å². The summed E-state index contributed by atoms with van der Waals surface area (Å²) in [5.41, 5.74) is 7.73. The molecule has 0 unspecified atom stereocenters. The SMILES string of the molecule is CCCCCCCCN(CCCCCCCC)C[C@H]1C[C@@H](c2ccc(CO)cc2)O[C@@H](c2cccc(-c3cccc(CNC(=O)CCCCCC(=O)NO)c3)c2)O1. The van der Waals surface area contributed by atoms with Gasteiger partial charge in [0.15, 0.2) is 6.29 Å². The molecule has 0 saturated carbocycles. The summed E-state index contributed by atoms with van der Waals surface area (Å²) in [6, 6.07) is 24.8. The van der Waals surface area contributed by atoms with Crippen LogP contribution in [0.15, 0.2) is 72.8 Å². The number of amides is 2. The predicted molar refractivity (Wildman–Crippen MR) is 228 cm³/mol. The molecular weight excluding hydrogens is 715 g/mol. The Morgan fingerprint density at radius 3 is 1.91 bits per heavy atom. The third-order valence-electron chi connectivity index (χ3n) is 11.1. The quantitative estimate of drug-likeness (QED) is 0.0329. The number of carbonyl (C=O) groups excluding carboxylic acids is 2. The number of hydrogen-bond acceptors (Lipinski definition) is 7. The first-order chi connectivity index (χ1) is 27.9. The average molecular weight is 786 g/mol. The number of aliphatic hydroxyl groups is 1. The van der Waals surface area contributed by atoms with Crippen LogP contribution in [-0.2, 0) is 32.2 Å². The van der Waals surface area contributed by atoms with Gasteiger partial charge in [-0.25, -0.2) is 5.48 Å². The van der Waals surface area contributed by atoms with Gasteiger partial charge in [0.05, 0.1) is 18.8 Å². The molecule has 1 saturated heterocycles. The molecule has 0 radical (unpaired) electrons. The summed E-state index contributed by atoms with van der Waals surface area (Å²) >= 11 is 0. The summed E-state index contributed by atoms with van der Waals surface area (Å²) in [6.07, 6.45) is 18.3. The van der Waals surface area contributed by atoms with Crippen LogP contribution >= 0.6 is 0 Å². The van der Waals surface area contributed by atoms with Crippen molar-refractivity contribution in [1.29, 1.82) is 0 Å². The monoisotopic (exact) mass is 786 g/mol. The summed E-state index contributed by atoms with van der Waals surface area (Å²) in [5.74, 6) is -0.421. The molecule has 4 N–H and O–H groups in total. The van der Waals surface area contributed by atoms with Gasteiger partial charge in [-0.15, -0.1) is 0 Å². The maximum Gasteiger partial charge on any atom is 0.243 e. The molecule has 9 heteroatoms. The molecule has 1 fully saturated rings. The van der Waals surface area contributed by atoms with E-state index in [0.717, 1.165) is 65.9 Å². The summed E-state index contributed by atoms with van der Waals surface area (Å²) in [5, 5.41) is 21.4. The van der Waals surface area contributed by atoms with Crippen LogP contribution in [-0.4, -0.2) is 52.8 Å². The summed E-state index contributed by atoms with van der Waals surface area (Å²) in [6.45, 7) is 8.07. The van der Waals surface area contributed by atoms with E-state index in [2.05, 4.69) is 72.6 Å². The van der Waals surface area contributed by atoms with Crippen molar-refractivity contribution in [3.63, 3.8) is 0 Å². The van der Waals surface area contributed by atoms with Crippen LogP contribution in [0.4, 0.5) is 0 Å². The number of rotatable bonds is 28. The maximum atomic E-state index is 12.5. The number of hydroxylamine groups is 1. The van der Waals surface area contributed by atoms with Gasteiger partial charge in [0.25, 0.3) is 0 Å². The zero-order valence-electron chi connectivity index (χ0n) is 34.9. The lowest BCUT2D eigenvalue weighted by Crippen LogP contribution is -2.40. The largest absolute Gasteiger partial charge is 0.392 e. The molecule has 3 atom stereocenters. The molecule has 9 nitrogen and oxygen atoms in total.